The molecule has 2 aromatic heterocycles. The van der Waals surface area contributed by atoms with Gasteiger partial charge >= 0.3 is 6.01 Å². The van der Waals surface area contributed by atoms with Crippen LogP contribution in [0.2, 0.25) is 0 Å². The van der Waals surface area contributed by atoms with Crippen LogP contribution in [-0.4, -0.2) is 88.9 Å². The van der Waals surface area contributed by atoms with Gasteiger partial charge in [-0.1, -0.05) is 12.6 Å². The number of halogens is 3. The molecule has 3 aliphatic heterocycles. The van der Waals surface area contributed by atoms with Crippen molar-refractivity contribution in [2.75, 3.05) is 50.0 Å². The minimum absolute atomic E-state index is 0.00526. The molecule has 4 unspecified atom stereocenters. The first-order valence-corrected chi connectivity index (χ1v) is 16.9. The Morgan fingerprint density at radius 2 is 2.04 bits per heavy atom. The topological polar surface area (TPSA) is 135 Å². The fraction of sp³-hybridized carbons (Fsp3) is 0.400. The number of hydrogen-bond acceptors (Lipinski definition) is 10. The number of nitrogen functional groups attached to an aromatic ring is 1. The molecule has 14 heteroatoms. The van der Waals surface area contributed by atoms with Crippen LogP contribution >= 0.6 is 11.3 Å². The third-order valence-electron chi connectivity index (χ3n) is 10.1. The first kappa shape index (κ1) is 32.6. The van der Waals surface area contributed by atoms with E-state index in [2.05, 4.69) is 23.6 Å². The zero-order valence-corrected chi connectivity index (χ0v) is 27.6. The van der Waals surface area contributed by atoms with Crippen LogP contribution in [0.1, 0.15) is 37.3 Å². The molecule has 2 N–H and O–H groups in total. The molecule has 4 aromatic rings. The van der Waals surface area contributed by atoms with Gasteiger partial charge in [0.15, 0.2) is 0 Å². The van der Waals surface area contributed by atoms with Crippen molar-refractivity contribution in [2.24, 2.45) is 0 Å². The molecule has 0 spiro atoms. The Balaban J connectivity index is 1.39. The third kappa shape index (κ3) is 5.40. The molecule has 3 fully saturated rings. The van der Waals surface area contributed by atoms with Crippen molar-refractivity contribution in [2.45, 2.75) is 50.1 Å². The van der Waals surface area contributed by atoms with Crippen LogP contribution in [0.15, 0.2) is 36.9 Å². The monoisotopic (exact) mass is 686 g/mol. The van der Waals surface area contributed by atoms with Gasteiger partial charge in [-0.15, -0.1) is 11.3 Å². The number of nitrogens with zero attached hydrogens (tertiary/aromatic N) is 7. The van der Waals surface area contributed by atoms with Crippen LogP contribution in [0.25, 0.3) is 32.1 Å². The maximum Gasteiger partial charge on any atom is 0.319 e. The quantitative estimate of drug-likeness (QED) is 0.239. The molecule has 2 aromatic carbocycles. The van der Waals surface area contributed by atoms with Crippen molar-refractivity contribution < 1.29 is 22.7 Å². The maximum atomic E-state index is 15.7. The molecule has 7 rings (SSSR count). The highest BCUT2D eigenvalue weighted by Crippen LogP contribution is 2.44. The highest BCUT2D eigenvalue weighted by atomic mass is 32.1. The number of likely N-dealkylation sites (N-methyl/N-ethyl adjacent to an activating group) is 1. The summed E-state index contributed by atoms with van der Waals surface area (Å²) in [6.45, 7) is 6.93. The molecule has 0 bridgehead atoms. The lowest BCUT2D eigenvalue weighted by Crippen LogP contribution is -2.44. The van der Waals surface area contributed by atoms with Crippen LogP contribution in [0.3, 0.4) is 0 Å². The molecule has 49 heavy (non-hydrogen) atoms. The normalized spacial score (nSPS) is 23.5. The number of hydrogen-bond donors (Lipinski definition) is 1. The molecule has 5 heterocycles. The number of benzene rings is 2. The molecule has 252 valence electrons. The van der Waals surface area contributed by atoms with E-state index in [9.17, 15) is 24.1 Å². The van der Waals surface area contributed by atoms with Crippen molar-refractivity contribution in [1.82, 2.24) is 19.8 Å². The molecule has 10 nitrogen and oxygen atoms in total. The number of rotatable bonds is 8. The molecular formula is C35H33F3N8O2S. The van der Waals surface area contributed by atoms with Crippen molar-refractivity contribution >= 4 is 49.1 Å². The van der Waals surface area contributed by atoms with Gasteiger partial charge in [0.05, 0.1) is 45.5 Å². The lowest BCUT2D eigenvalue weighted by Gasteiger charge is -2.32. The van der Waals surface area contributed by atoms with Gasteiger partial charge in [0, 0.05) is 42.4 Å². The summed E-state index contributed by atoms with van der Waals surface area (Å²) in [6, 6.07) is 9.54. The first-order chi connectivity index (χ1) is 23.6. The second kappa shape index (κ2) is 12.5. The highest BCUT2D eigenvalue weighted by Gasteiger charge is 2.49. The summed E-state index contributed by atoms with van der Waals surface area (Å²) in [5.41, 5.74) is 7.09. The standard InChI is InChI=1S/C35H33F3N8O2S/c1-3-29(47)44-16-26(38)28(17-44)46(4-2)33-23-10-19(13-39)22(21-6-7-25(37)31-30(21)24(14-40)32(41)49-31)11-27(23)42-34(43-33)48-18-35-8-5-9-45(35)15-20(36)12-35/h3,6-7,10-11,20,26,28H,1,4-5,8-9,12,15-18,41H2,2H3. The number of ether oxygens (including phenoxy) is 1. The van der Waals surface area contributed by atoms with E-state index >= 15 is 4.39 Å². The van der Waals surface area contributed by atoms with Crippen molar-refractivity contribution in [1.29, 1.82) is 10.5 Å². The fourth-order valence-electron chi connectivity index (χ4n) is 7.80. The number of alkyl halides is 2. The average molecular weight is 687 g/mol. The second-order valence-electron chi connectivity index (χ2n) is 12.8. The van der Waals surface area contributed by atoms with Crippen LogP contribution in [0, 0.1) is 28.5 Å². The van der Waals surface area contributed by atoms with E-state index in [0.29, 0.717) is 52.7 Å². The maximum absolute atomic E-state index is 15.7. The highest BCUT2D eigenvalue weighted by molar-refractivity contribution is 7.23. The van der Waals surface area contributed by atoms with Crippen LogP contribution < -0.4 is 15.4 Å². The molecule has 0 aliphatic carbocycles. The van der Waals surface area contributed by atoms with Crippen molar-refractivity contribution in [3.05, 3.63) is 53.9 Å². The molecule has 3 aliphatic rings. The number of anilines is 2. The SMILES string of the molecule is C=CC(=O)N1CC(F)C(N(CC)c2nc(OCC34CCCN3CC(F)C4)nc3cc(-c4ccc(F)c5sc(N)c(C#N)c45)c(C#N)cc23)C1. The number of amides is 1. The number of carbonyl (C=O) groups is 1. The Morgan fingerprint density at radius 1 is 1.22 bits per heavy atom. The van der Waals surface area contributed by atoms with Gasteiger partial charge in [-0.05, 0) is 56.1 Å². The van der Waals surface area contributed by atoms with Gasteiger partial charge in [-0.2, -0.15) is 20.5 Å². The molecule has 3 saturated heterocycles. The molecule has 1 amide bonds. The average Bonchev–Trinajstić information content (AvgIpc) is 3.84. The first-order valence-electron chi connectivity index (χ1n) is 16.1. The summed E-state index contributed by atoms with van der Waals surface area (Å²) in [5.74, 6) is -0.615. The summed E-state index contributed by atoms with van der Waals surface area (Å²) in [7, 11) is 0. The number of nitriles is 2. The molecule has 4 atom stereocenters. The van der Waals surface area contributed by atoms with E-state index in [-0.39, 0.29) is 52.4 Å². The van der Waals surface area contributed by atoms with E-state index in [1.807, 2.05) is 6.92 Å². The summed E-state index contributed by atoms with van der Waals surface area (Å²) in [5, 5.41) is 21.2. The predicted molar refractivity (Wildman–Crippen MR) is 181 cm³/mol. The van der Waals surface area contributed by atoms with Gasteiger partial charge in [-0.3, -0.25) is 9.69 Å². The fourth-order valence-corrected chi connectivity index (χ4v) is 8.75. The van der Waals surface area contributed by atoms with Gasteiger partial charge < -0.3 is 20.3 Å². The minimum atomic E-state index is -1.40. The number of thiophene rings is 1. The smallest absolute Gasteiger partial charge is 0.319 e. The number of likely N-dealkylation sites (tertiary alicyclic amines) is 1. The van der Waals surface area contributed by atoms with Gasteiger partial charge in [0.25, 0.3) is 0 Å². The molecule has 0 saturated carbocycles. The Morgan fingerprint density at radius 3 is 2.78 bits per heavy atom. The lowest BCUT2D eigenvalue weighted by atomic mass is 9.94. The van der Waals surface area contributed by atoms with E-state index < -0.39 is 29.7 Å². The van der Waals surface area contributed by atoms with E-state index in [4.69, 9.17) is 20.4 Å². The van der Waals surface area contributed by atoms with Crippen LogP contribution in [0.4, 0.5) is 24.0 Å². The second-order valence-corrected chi connectivity index (χ2v) is 13.8. The largest absolute Gasteiger partial charge is 0.461 e. The number of nitrogens with two attached hydrogens (primary N) is 1. The summed E-state index contributed by atoms with van der Waals surface area (Å²) >= 11 is 0.956. The number of fused-ring (bicyclic) bond motifs is 3. The Labute approximate surface area is 284 Å². The zero-order chi connectivity index (χ0) is 34.6. The summed E-state index contributed by atoms with van der Waals surface area (Å²) < 4.78 is 51.6. The Bertz CT molecular complexity index is 2090. The Hall–Kier alpha value is -4.92. The van der Waals surface area contributed by atoms with Crippen molar-refractivity contribution in [3.8, 4) is 29.3 Å². The van der Waals surface area contributed by atoms with Crippen LogP contribution in [-0.2, 0) is 4.79 Å². The van der Waals surface area contributed by atoms with Gasteiger partial charge in [0.1, 0.15) is 41.7 Å². The van der Waals surface area contributed by atoms with Crippen molar-refractivity contribution in [3.63, 3.8) is 0 Å². The molecule has 0 radical (unpaired) electrons. The number of aromatic nitrogens is 2. The minimum Gasteiger partial charge on any atom is -0.461 e. The lowest BCUT2D eigenvalue weighted by molar-refractivity contribution is -0.125. The molecular weight excluding hydrogens is 653 g/mol. The van der Waals surface area contributed by atoms with E-state index in [0.717, 1.165) is 36.8 Å². The zero-order valence-electron chi connectivity index (χ0n) is 26.8. The summed E-state index contributed by atoms with van der Waals surface area (Å²) in [6.07, 6.45) is 0.831. The Kier molecular flexibility index (Phi) is 8.33. The van der Waals surface area contributed by atoms with Crippen LogP contribution in [0.5, 0.6) is 6.01 Å². The van der Waals surface area contributed by atoms with E-state index in [1.54, 1.807) is 17.0 Å². The third-order valence-corrected chi connectivity index (χ3v) is 11.1. The predicted octanol–water partition coefficient (Wildman–Crippen LogP) is 5.49. The number of carbonyl (C=O) groups excluding carboxylic acids is 1. The van der Waals surface area contributed by atoms with Gasteiger partial charge in [0.2, 0.25) is 5.91 Å². The summed E-state index contributed by atoms with van der Waals surface area (Å²) in [4.78, 5) is 27.2. The van der Waals surface area contributed by atoms with Gasteiger partial charge in [-0.25, -0.2) is 13.2 Å². The van der Waals surface area contributed by atoms with E-state index in [1.165, 1.54) is 17.0 Å².